The number of hydrogen-bond donors (Lipinski definition) is 1. The third kappa shape index (κ3) is 3.59. The zero-order valence-electron chi connectivity index (χ0n) is 19.6. The number of pyridine rings is 2. The third-order valence-electron chi connectivity index (χ3n) is 7.25. The van der Waals surface area contributed by atoms with Crippen LogP contribution in [0.2, 0.25) is 0 Å². The molecule has 1 aliphatic heterocycles. The standard InChI is InChI=1S/C28H27N3O3/c1-27(2)21(18-4-6-19(7-5-18)26(33)34)10-13-28(3)17-31(15-12-24(27)28)25(32)23-9-8-20-16-29-14-11-22(20)30-23/h4-12,14,16H,13,15,17H2,1-3H3,(H,33,34)/t28-/m0/s1. The van der Waals surface area contributed by atoms with Gasteiger partial charge in [0, 0.05) is 41.7 Å². The summed E-state index contributed by atoms with van der Waals surface area (Å²) in [6.07, 6.45) is 8.69. The summed E-state index contributed by atoms with van der Waals surface area (Å²) in [4.78, 5) is 35.2. The lowest BCUT2D eigenvalue weighted by molar-refractivity contribution is 0.0674. The first-order valence-corrected chi connectivity index (χ1v) is 11.4. The maximum atomic E-state index is 13.3. The van der Waals surface area contributed by atoms with Crippen molar-refractivity contribution >= 4 is 28.4 Å². The summed E-state index contributed by atoms with van der Waals surface area (Å²) in [5, 5.41) is 10.1. The first-order valence-electron chi connectivity index (χ1n) is 11.4. The van der Waals surface area contributed by atoms with Crippen molar-refractivity contribution in [1.82, 2.24) is 14.9 Å². The van der Waals surface area contributed by atoms with Gasteiger partial charge in [0.15, 0.2) is 0 Å². The quantitative estimate of drug-likeness (QED) is 0.549. The zero-order valence-corrected chi connectivity index (χ0v) is 19.6. The molecule has 0 spiro atoms. The van der Waals surface area contributed by atoms with E-state index in [0.717, 1.165) is 22.9 Å². The van der Waals surface area contributed by atoms with Gasteiger partial charge in [-0.15, -0.1) is 0 Å². The topological polar surface area (TPSA) is 83.4 Å². The van der Waals surface area contributed by atoms with Crippen LogP contribution in [0.5, 0.6) is 0 Å². The van der Waals surface area contributed by atoms with Gasteiger partial charge in [-0.3, -0.25) is 9.78 Å². The van der Waals surface area contributed by atoms with E-state index in [4.69, 9.17) is 0 Å². The van der Waals surface area contributed by atoms with Crippen molar-refractivity contribution in [3.05, 3.63) is 89.4 Å². The minimum atomic E-state index is -0.923. The van der Waals surface area contributed by atoms with E-state index in [9.17, 15) is 14.7 Å². The predicted octanol–water partition coefficient (Wildman–Crippen LogP) is 5.23. The Bertz CT molecular complexity index is 1370. The Morgan fingerprint density at radius 3 is 2.50 bits per heavy atom. The highest BCUT2D eigenvalue weighted by molar-refractivity contribution is 5.95. The highest BCUT2D eigenvalue weighted by Gasteiger charge is 2.46. The van der Waals surface area contributed by atoms with Gasteiger partial charge in [-0.05, 0) is 47.9 Å². The molecule has 0 unspecified atom stereocenters. The van der Waals surface area contributed by atoms with Gasteiger partial charge in [0.25, 0.3) is 5.91 Å². The Balaban J connectivity index is 1.42. The molecule has 2 aliphatic rings. The lowest BCUT2D eigenvalue weighted by Crippen LogP contribution is -2.48. The number of rotatable bonds is 3. The second-order valence-corrected chi connectivity index (χ2v) is 9.96. The van der Waals surface area contributed by atoms with Gasteiger partial charge < -0.3 is 10.0 Å². The minimum absolute atomic E-state index is 0.0629. The fourth-order valence-corrected chi connectivity index (χ4v) is 5.60. The number of aromatic nitrogens is 2. The van der Waals surface area contributed by atoms with E-state index in [2.05, 4.69) is 42.9 Å². The number of carbonyl (C=O) groups is 2. The molecule has 1 atom stereocenters. The van der Waals surface area contributed by atoms with E-state index in [0.29, 0.717) is 18.8 Å². The Morgan fingerprint density at radius 2 is 1.76 bits per heavy atom. The van der Waals surface area contributed by atoms with Crippen LogP contribution < -0.4 is 0 Å². The van der Waals surface area contributed by atoms with E-state index in [1.54, 1.807) is 30.6 Å². The van der Waals surface area contributed by atoms with Crippen molar-refractivity contribution in [2.75, 3.05) is 13.1 Å². The molecule has 0 saturated heterocycles. The van der Waals surface area contributed by atoms with Gasteiger partial charge in [-0.2, -0.15) is 0 Å². The largest absolute Gasteiger partial charge is 0.478 e. The lowest BCUT2D eigenvalue weighted by Gasteiger charge is -2.50. The molecular formula is C28H27N3O3. The summed E-state index contributed by atoms with van der Waals surface area (Å²) in [6.45, 7) is 7.81. The maximum Gasteiger partial charge on any atom is 0.335 e. The molecule has 0 bridgehead atoms. The second-order valence-electron chi connectivity index (χ2n) is 9.96. The molecule has 2 aromatic heterocycles. The summed E-state index contributed by atoms with van der Waals surface area (Å²) in [5.41, 5.74) is 4.63. The molecule has 172 valence electrons. The number of hydrogen-bond acceptors (Lipinski definition) is 4. The molecule has 6 heteroatoms. The molecule has 3 aromatic rings. The van der Waals surface area contributed by atoms with Crippen LogP contribution in [0.15, 0.2) is 72.6 Å². The van der Waals surface area contributed by atoms with E-state index in [1.165, 1.54) is 11.1 Å². The minimum Gasteiger partial charge on any atom is -0.478 e. The summed E-state index contributed by atoms with van der Waals surface area (Å²) in [7, 11) is 0. The fraction of sp³-hybridized carbons (Fsp3) is 0.286. The van der Waals surface area contributed by atoms with Crippen molar-refractivity contribution in [3.8, 4) is 0 Å². The van der Waals surface area contributed by atoms with Crippen molar-refractivity contribution in [1.29, 1.82) is 0 Å². The molecule has 0 radical (unpaired) electrons. The number of amides is 1. The Hall–Kier alpha value is -3.80. The number of carboxylic acids is 1. The number of allylic oxidation sites excluding steroid dienone is 2. The van der Waals surface area contributed by atoms with E-state index in [-0.39, 0.29) is 22.3 Å². The Morgan fingerprint density at radius 1 is 1.00 bits per heavy atom. The average Bonchev–Trinajstić information content (AvgIpc) is 2.82. The van der Waals surface area contributed by atoms with Crippen LogP contribution in [0.3, 0.4) is 0 Å². The highest BCUT2D eigenvalue weighted by Crippen LogP contribution is 2.55. The Kier molecular flexibility index (Phi) is 5.12. The van der Waals surface area contributed by atoms with Crippen molar-refractivity contribution in [3.63, 3.8) is 0 Å². The zero-order chi connectivity index (χ0) is 24.1. The van der Waals surface area contributed by atoms with Crippen LogP contribution in [0, 0.1) is 10.8 Å². The molecule has 5 rings (SSSR count). The van der Waals surface area contributed by atoms with E-state index >= 15 is 0 Å². The van der Waals surface area contributed by atoms with Gasteiger partial charge in [0.05, 0.1) is 11.1 Å². The second kappa shape index (κ2) is 7.90. The summed E-state index contributed by atoms with van der Waals surface area (Å²) < 4.78 is 0. The average molecular weight is 454 g/mol. The summed E-state index contributed by atoms with van der Waals surface area (Å²) >= 11 is 0. The molecule has 6 nitrogen and oxygen atoms in total. The predicted molar refractivity (Wildman–Crippen MR) is 131 cm³/mol. The van der Waals surface area contributed by atoms with Gasteiger partial charge in [0.1, 0.15) is 5.69 Å². The van der Waals surface area contributed by atoms with Crippen LogP contribution in [-0.4, -0.2) is 44.9 Å². The monoisotopic (exact) mass is 453 g/mol. The molecule has 1 amide bonds. The van der Waals surface area contributed by atoms with Crippen molar-refractivity contribution in [2.24, 2.45) is 10.8 Å². The number of nitrogens with zero attached hydrogens (tertiary/aromatic N) is 3. The van der Waals surface area contributed by atoms with Crippen LogP contribution in [-0.2, 0) is 0 Å². The number of benzene rings is 1. The summed E-state index contributed by atoms with van der Waals surface area (Å²) in [5.74, 6) is -0.986. The van der Waals surface area contributed by atoms with Crippen LogP contribution in [0.1, 0.15) is 53.6 Å². The van der Waals surface area contributed by atoms with E-state index < -0.39 is 5.97 Å². The molecule has 0 saturated carbocycles. The van der Waals surface area contributed by atoms with Crippen molar-refractivity contribution < 1.29 is 14.7 Å². The van der Waals surface area contributed by atoms with Gasteiger partial charge in [-0.1, -0.05) is 50.6 Å². The van der Waals surface area contributed by atoms with E-state index in [1.807, 2.05) is 29.2 Å². The first-order chi connectivity index (χ1) is 16.2. The Labute approximate surface area is 198 Å². The van der Waals surface area contributed by atoms with Crippen LogP contribution in [0.4, 0.5) is 0 Å². The van der Waals surface area contributed by atoms with Gasteiger partial charge in [0.2, 0.25) is 0 Å². The van der Waals surface area contributed by atoms with Gasteiger partial charge in [-0.25, -0.2) is 9.78 Å². The first kappa shape index (κ1) is 22.0. The molecule has 34 heavy (non-hydrogen) atoms. The highest BCUT2D eigenvalue weighted by atomic mass is 16.4. The number of carbonyl (C=O) groups excluding carboxylic acids is 1. The number of fused-ring (bicyclic) bond motifs is 2. The normalized spacial score (nSPS) is 21.4. The fourth-order valence-electron chi connectivity index (χ4n) is 5.60. The molecular weight excluding hydrogens is 426 g/mol. The van der Waals surface area contributed by atoms with Crippen LogP contribution >= 0.6 is 0 Å². The molecule has 1 aromatic carbocycles. The molecule has 0 fully saturated rings. The number of aromatic carboxylic acids is 1. The molecule has 3 heterocycles. The van der Waals surface area contributed by atoms with Crippen molar-refractivity contribution in [2.45, 2.75) is 27.2 Å². The molecule has 1 N–H and O–H groups in total. The smallest absolute Gasteiger partial charge is 0.335 e. The molecule has 1 aliphatic carbocycles. The maximum absolute atomic E-state index is 13.3. The van der Waals surface area contributed by atoms with Crippen LogP contribution in [0.25, 0.3) is 16.5 Å². The van der Waals surface area contributed by atoms with Gasteiger partial charge >= 0.3 is 5.97 Å². The SMILES string of the molecule is CC1(C)C(c2ccc(C(=O)O)cc2)=CC[C@@]2(C)CN(C(=O)c3ccc4cnccc4n3)CC=C12. The lowest BCUT2D eigenvalue weighted by atomic mass is 9.58. The summed E-state index contributed by atoms with van der Waals surface area (Å²) in [6, 6.07) is 12.6. The third-order valence-corrected chi connectivity index (χ3v) is 7.25. The number of carboxylic acid groups (broad SMARTS) is 1.